The molecule has 3 N–H and O–H groups in total. The van der Waals surface area contributed by atoms with Gasteiger partial charge in [0.2, 0.25) is 0 Å². The van der Waals surface area contributed by atoms with E-state index in [0.717, 1.165) is 6.42 Å². The monoisotopic (exact) mass is 285 g/mol. The van der Waals surface area contributed by atoms with Gasteiger partial charge in [-0.1, -0.05) is 74.5 Å². The molecule has 0 aliphatic carbocycles. The molecule has 0 aliphatic rings. The van der Waals surface area contributed by atoms with Gasteiger partial charge in [-0.05, 0) is 23.5 Å². The van der Waals surface area contributed by atoms with Gasteiger partial charge in [0.1, 0.15) is 6.04 Å². The van der Waals surface area contributed by atoms with Gasteiger partial charge < -0.3 is 10.8 Å². The van der Waals surface area contributed by atoms with Crippen molar-refractivity contribution >= 4 is 5.97 Å². The van der Waals surface area contributed by atoms with Crippen LogP contribution in [0.25, 0.3) is 0 Å². The summed E-state index contributed by atoms with van der Waals surface area (Å²) >= 11 is 0. The van der Waals surface area contributed by atoms with E-state index in [4.69, 9.17) is 10.8 Å². The molecule has 0 aliphatic heterocycles. The molecule has 0 saturated heterocycles. The van der Waals surface area contributed by atoms with Crippen molar-refractivity contribution in [3.05, 3.63) is 71.8 Å². The first-order valence-corrected chi connectivity index (χ1v) is 7.07. The van der Waals surface area contributed by atoms with E-state index in [0.29, 0.717) is 0 Å². The molecule has 112 valence electrons. The lowest BCUT2D eigenvalue weighted by Gasteiger charge is -2.07. The van der Waals surface area contributed by atoms with E-state index in [1.165, 1.54) is 11.1 Å². The molecule has 0 amide bonds. The van der Waals surface area contributed by atoms with E-state index in [1.807, 2.05) is 0 Å². The molecule has 0 bridgehead atoms. The van der Waals surface area contributed by atoms with Crippen molar-refractivity contribution in [2.45, 2.75) is 26.3 Å². The van der Waals surface area contributed by atoms with Gasteiger partial charge in [-0.3, -0.25) is 4.79 Å². The molecule has 0 spiro atoms. The minimum absolute atomic E-state index is 0.0208. The van der Waals surface area contributed by atoms with Crippen molar-refractivity contribution in [3.8, 4) is 0 Å². The van der Waals surface area contributed by atoms with Crippen LogP contribution in [0.4, 0.5) is 0 Å². The number of hydrogen-bond acceptors (Lipinski definition) is 2. The maximum atomic E-state index is 10.0. The minimum Gasteiger partial charge on any atom is -0.480 e. The quantitative estimate of drug-likeness (QED) is 0.905. The summed E-state index contributed by atoms with van der Waals surface area (Å²) in [6, 6.07) is 20.4. The summed E-state index contributed by atoms with van der Waals surface area (Å²) in [5.74, 6) is -0.910. The smallest absolute Gasteiger partial charge is 0.320 e. The molecule has 0 radical (unpaired) electrons. The zero-order valence-corrected chi connectivity index (χ0v) is 12.6. The Labute approximate surface area is 126 Å². The lowest BCUT2D eigenvalue weighted by Crippen LogP contribution is -2.34. The molecule has 2 aromatic carbocycles. The van der Waals surface area contributed by atoms with E-state index in [9.17, 15) is 4.79 Å². The van der Waals surface area contributed by atoms with Crippen molar-refractivity contribution in [1.82, 2.24) is 0 Å². The Balaban J connectivity index is 0.000000240. The second kappa shape index (κ2) is 8.93. The van der Waals surface area contributed by atoms with Crippen LogP contribution in [0.15, 0.2) is 60.7 Å². The molecule has 1 atom stereocenters. The number of carboxylic acids is 1. The average Bonchev–Trinajstić information content (AvgIpc) is 2.49. The molecule has 3 heteroatoms. The van der Waals surface area contributed by atoms with Crippen LogP contribution in [0, 0.1) is 5.92 Å². The second-order valence-electron chi connectivity index (χ2n) is 5.26. The first kappa shape index (κ1) is 16.9. The summed E-state index contributed by atoms with van der Waals surface area (Å²) in [5.41, 5.74) is 7.90. The zero-order chi connectivity index (χ0) is 15.7. The molecule has 2 aromatic rings. The number of carboxylic acid groups (broad SMARTS) is 1. The van der Waals surface area contributed by atoms with Gasteiger partial charge in [-0.2, -0.15) is 0 Å². The third-order valence-electron chi connectivity index (χ3n) is 3.10. The van der Waals surface area contributed by atoms with E-state index >= 15 is 0 Å². The van der Waals surface area contributed by atoms with Gasteiger partial charge in [0, 0.05) is 0 Å². The molecule has 21 heavy (non-hydrogen) atoms. The lowest BCUT2D eigenvalue weighted by molar-refractivity contribution is -0.139. The van der Waals surface area contributed by atoms with Gasteiger partial charge in [0.25, 0.3) is 0 Å². The van der Waals surface area contributed by atoms with E-state index in [1.54, 1.807) is 13.8 Å². The standard InChI is InChI=1S/C13H12.C5H11NO2/c1-3-7-12(8-4-1)11-13-9-5-2-6-10-13;1-3(2)4(6)5(7)8/h1-10H,11H2;3-4H,6H2,1-2H3,(H,7,8)/t;4-/m.0/s1. The van der Waals surface area contributed by atoms with Gasteiger partial charge in [-0.25, -0.2) is 0 Å². The molecule has 0 saturated carbocycles. The number of hydrogen-bond donors (Lipinski definition) is 2. The maximum Gasteiger partial charge on any atom is 0.320 e. The van der Waals surface area contributed by atoms with Crippen LogP contribution in [0.3, 0.4) is 0 Å². The Morgan fingerprint density at radius 3 is 1.57 bits per heavy atom. The summed E-state index contributed by atoms with van der Waals surface area (Å²) in [5, 5.41) is 8.23. The molecule has 0 heterocycles. The first-order chi connectivity index (χ1) is 10.0. The highest BCUT2D eigenvalue weighted by Crippen LogP contribution is 2.07. The number of aliphatic carboxylic acids is 1. The van der Waals surface area contributed by atoms with Gasteiger partial charge in [-0.15, -0.1) is 0 Å². The van der Waals surface area contributed by atoms with Crippen LogP contribution in [-0.2, 0) is 11.2 Å². The Bertz CT molecular complexity index is 486. The van der Waals surface area contributed by atoms with Crippen LogP contribution < -0.4 is 5.73 Å². The van der Waals surface area contributed by atoms with Gasteiger partial charge in [0.15, 0.2) is 0 Å². The van der Waals surface area contributed by atoms with Crippen LogP contribution in [0.5, 0.6) is 0 Å². The van der Waals surface area contributed by atoms with E-state index in [2.05, 4.69) is 60.7 Å². The van der Waals surface area contributed by atoms with Gasteiger partial charge in [0.05, 0.1) is 0 Å². The number of rotatable bonds is 4. The largest absolute Gasteiger partial charge is 0.480 e. The Kier molecular flexibility index (Phi) is 7.19. The SMILES string of the molecule is CC(C)[C@H](N)C(=O)O.c1ccc(Cc2ccccc2)cc1. The number of benzene rings is 2. The summed E-state index contributed by atoms with van der Waals surface area (Å²) in [4.78, 5) is 10.0. The Morgan fingerprint density at radius 2 is 1.33 bits per heavy atom. The van der Waals surface area contributed by atoms with Crippen LogP contribution in [0.2, 0.25) is 0 Å². The Morgan fingerprint density at radius 1 is 0.952 bits per heavy atom. The third kappa shape index (κ3) is 6.72. The number of nitrogens with two attached hydrogens (primary N) is 1. The normalized spacial score (nSPS) is 11.4. The van der Waals surface area contributed by atoms with Crippen molar-refractivity contribution in [2.24, 2.45) is 11.7 Å². The van der Waals surface area contributed by atoms with Crippen molar-refractivity contribution < 1.29 is 9.90 Å². The summed E-state index contributed by atoms with van der Waals surface area (Å²) < 4.78 is 0. The molecular formula is C18H23NO2. The van der Waals surface area contributed by atoms with Crippen molar-refractivity contribution in [1.29, 1.82) is 0 Å². The molecule has 0 unspecified atom stereocenters. The van der Waals surface area contributed by atoms with Crippen LogP contribution in [0.1, 0.15) is 25.0 Å². The molecular weight excluding hydrogens is 262 g/mol. The molecule has 3 nitrogen and oxygen atoms in total. The molecule has 0 fully saturated rings. The van der Waals surface area contributed by atoms with Crippen LogP contribution >= 0.6 is 0 Å². The summed E-state index contributed by atoms with van der Waals surface area (Å²) in [6.07, 6.45) is 1.03. The molecule has 2 rings (SSSR count). The molecule has 0 aromatic heterocycles. The van der Waals surface area contributed by atoms with Gasteiger partial charge >= 0.3 is 5.97 Å². The highest BCUT2D eigenvalue weighted by molar-refractivity contribution is 5.73. The Hall–Kier alpha value is -2.13. The first-order valence-electron chi connectivity index (χ1n) is 7.07. The van der Waals surface area contributed by atoms with Crippen molar-refractivity contribution in [2.75, 3.05) is 0 Å². The average molecular weight is 285 g/mol. The summed E-state index contributed by atoms with van der Waals surface area (Å²) in [6.45, 7) is 3.55. The highest BCUT2D eigenvalue weighted by Gasteiger charge is 2.14. The predicted octanol–water partition coefficient (Wildman–Crippen LogP) is 3.33. The fourth-order valence-electron chi connectivity index (χ4n) is 1.71. The predicted molar refractivity (Wildman–Crippen MR) is 86.1 cm³/mol. The fraction of sp³-hybridized carbons (Fsp3) is 0.278. The number of carbonyl (C=O) groups is 1. The maximum absolute atomic E-state index is 10.0. The highest BCUT2D eigenvalue weighted by atomic mass is 16.4. The van der Waals surface area contributed by atoms with E-state index < -0.39 is 12.0 Å². The van der Waals surface area contributed by atoms with Crippen LogP contribution in [-0.4, -0.2) is 17.1 Å². The minimum atomic E-state index is -0.931. The zero-order valence-electron chi connectivity index (χ0n) is 12.6. The summed E-state index contributed by atoms with van der Waals surface area (Å²) in [7, 11) is 0. The topological polar surface area (TPSA) is 63.3 Å². The lowest BCUT2D eigenvalue weighted by atomic mass is 10.1. The second-order valence-corrected chi connectivity index (χ2v) is 5.26. The third-order valence-corrected chi connectivity index (χ3v) is 3.10. The van der Waals surface area contributed by atoms with E-state index in [-0.39, 0.29) is 5.92 Å². The van der Waals surface area contributed by atoms with Crippen molar-refractivity contribution in [3.63, 3.8) is 0 Å². The fourth-order valence-corrected chi connectivity index (χ4v) is 1.71.